The lowest BCUT2D eigenvalue weighted by Crippen LogP contribution is -2.15. The molecule has 7 nitrogen and oxygen atoms in total. The number of nitrogens with zero attached hydrogens (tertiary/aromatic N) is 2. The van der Waals surface area contributed by atoms with Gasteiger partial charge < -0.3 is 20.1 Å². The molecule has 142 valence electrons. The van der Waals surface area contributed by atoms with Gasteiger partial charge in [0.1, 0.15) is 5.82 Å². The molecule has 1 aliphatic rings. The number of hydrogen-bond acceptors (Lipinski definition) is 6. The van der Waals surface area contributed by atoms with E-state index in [-0.39, 0.29) is 18.2 Å². The second-order valence-electron chi connectivity index (χ2n) is 5.93. The molecular weight excluding hydrogens is 370 g/mol. The Morgan fingerprint density at radius 2 is 1.82 bits per heavy atom. The van der Waals surface area contributed by atoms with E-state index in [0.717, 1.165) is 17.7 Å². The normalized spacial score (nSPS) is 11.9. The van der Waals surface area contributed by atoms with Crippen LogP contribution >= 0.6 is 0 Å². The SMILES string of the molecule is O=C(Nc1ccc(F)c(F)c1)c1ccc(NCc2ccc3c(c2)OCO3)nn1. The summed E-state index contributed by atoms with van der Waals surface area (Å²) in [5.74, 6) is -0.750. The number of ether oxygens (including phenoxy) is 2. The zero-order chi connectivity index (χ0) is 19.5. The topological polar surface area (TPSA) is 85.4 Å². The molecule has 0 bridgehead atoms. The van der Waals surface area contributed by atoms with Crippen molar-refractivity contribution in [2.75, 3.05) is 17.4 Å². The van der Waals surface area contributed by atoms with Crippen LogP contribution in [-0.4, -0.2) is 22.9 Å². The fraction of sp³-hybridized carbons (Fsp3) is 0.105. The number of anilines is 2. The lowest BCUT2D eigenvalue weighted by atomic mass is 10.2. The van der Waals surface area contributed by atoms with Crippen molar-refractivity contribution in [1.29, 1.82) is 0 Å². The number of benzene rings is 2. The van der Waals surface area contributed by atoms with Crippen molar-refractivity contribution in [3.63, 3.8) is 0 Å². The van der Waals surface area contributed by atoms with Gasteiger partial charge in [-0.2, -0.15) is 0 Å². The molecule has 2 N–H and O–H groups in total. The van der Waals surface area contributed by atoms with Crippen molar-refractivity contribution < 1.29 is 23.0 Å². The fourth-order valence-corrected chi connectivity index (χ4v) is 2.56. The Bertz CT molecular complexity index is 1030. The molecular formula is C19H14F2N4O3. The Labute approximate surface area is 158 Å². The van der Waals surface area contributed by atoms with Crippen molar-refractivity contribution in [1.82, 2.24) is 10.2 Å². The van der Waals surface area contributed by atoms with E-state index >= 15 is 0 Å². The standard InChI is InChI=1S/C19H14F2N4O3/c20-13-3-2-12(8-14(13)21)23-19(26)15-4-6-18(25-24-15)22-9-11-1-5-16-17(7-11)28-10-27-16/h1-8H,9-10H2,(H,22,25)(H,23,26). The third-order valence-corrected chi connectivity index (χ3v) is 3.99. The molecule has 0 atom stereocenters. The molecule has 0 aliphatic carbocycles. The predicted octanol–water partition coefficient (Wildman–Crippen LogP) is 3.35. The molecule has 1 amide bonds. The Balaban J connectivity index is 1.36. The fourth-order valence-electron chi connectivity index (χ4n) is 2.56. The summed E-state index contributed by atoms with van der Waals surface area (Å²) in [6.07, 6.45) is 0. The first kappa shape index (κ1) is 17.7. The zero-order valence-electron chi connectivity index (χ0n) is 14.4. The quantitative estimate of drug-likeness (QED) is 0.702. The number of carbonyl (C=O) groups is 1. The van der Waals surface area contributed by atoms with E-state index in [2.05, 4.69) is 20.8 Å². The highest BCUT2D eigenvalue weighted by molar-refractivity contribution is 6.02. The van der Waals surface area contributed by atoms with Gasteiger partial charge in [-0.15, -0.1) is 10.2 Å². The molecule has 0 saturated heterocycles. The summed E-state index contributed by atoms with van der Waals surface area (Å²) in [6.45, 7) is 0.692. The third kappa shape index (κ3) is 3.83. The van der Waals surface area contributed by atoms with Crippen molar-refractivity contribution in [2.45, 2.75) is 6.54 Å². The monoisotopic (exact) mass is 384 g/mol. The first-order valence-corrected chi connectivity index (χ1v) is 8.31. The van der Waals surface area contributed by atoms with Crippen LogP contribution in [0, 0.1) is 11.6 Å². The van der Waals surface area contributed by atoms with Crippen LogP contribution in [-0.2, 0) is 6.54 Å². The molecule has 0 radical (unpaired) electrons. The molecule has 2 aromatic carbocycles. The highest BCUT2D eigenvalue weighted by Gasteiger charge is 2.13. The second kappa shape index (κ2) is 7.47. The van der Waals surface area contributed by atoms with Crippen molar-refractivity contribution >= 4 is 17.4 Å². The Hall–Kier alpha value is -3.75. The average molecular weight is 384 g/mol. The van der Waals surface area contributed by atoms with Crippen molar-refractivity contribution in [3.05, 3.63) is 71.4 Å². The lowest BCUT2D eigenvalue weighted by Gasteiger charge is -2.07. The molecule has 0 spiro atoms. The molecule has 4 rings (SSSR count). The number of fused-ring (bicyclic) bond motifs is 1. The molecule has 9 heteroatoms. The highest BCUT2D eigenvalue weighted by atomic mass is 19.2. The minimum absolute atomic E-state index is 0.0402. The number of rotatable bonds is 5. The van der Waals surface area contributed by atoms with Crippen LogP contribution in [0.15, 0.2) is 48.5 Å². The lowest BCUT2D eigenvalue weighted by molar-refractivity contribution is 0.102. The van der Waals surface area contributed by atoms with Gasteiger partial charge in [-0.3, -0.25) is 4.79 Å². The predicted molar refractivity (Wildman–Crippen MR) is 96.2 cm³/mol. The van der Waals surface area contributed by atoms with E-state index < -0.39 is 17.5 Å². The van der Waals surface area contributed by atoms with E-state index in [1.165, 1.54) is 12.1 Å². The number of hydrogen-bond donors (Lipinski definition) is 2. The van der Waals surface area contributed by atoms with Gasteiger partial charge in [0.05, 0.1) is 0 Å². The summed E-state index contributed by atoms with van der Waals surface area (Å²) in [6, 6.07) is 11.7. The Morgan fingerprint density at radius 1 is 0.964 bits per heavy atom. The number of aromatic nitrogens is 2. The van der Waals surface area contributed by atoms with Crippen LogP contribution in [0.3, 0.4) is 0 Å². The van der Waals surface area contributed by atoms with Crippen LogP contribution in [0.5, 0.6) is 11.5 Å². The van der Waals surface area contributed by atoms with Crippen LogP contribution in [0.2, 0.25) is 0 Å². The third-order valence-electron chi connectivity index (χ3n) is 3.99. The molecule has 0 fully saturated rings. The van der Waals surface area contributed by atoms with E-state index in [1.807, 2.05) is 18.2 Å². The maximum absolute atomic E-state index is 13.2. The molecule has 0 saturated carbocycles. The molecule has 3 aromatic rings. The second-order valence-corrected chi connectivity index (χ2v) is 5.93. The number of amides is 1. The van der Waals surface area contributed by atoms with E-state index in [1.54, 1.807) is 6.07 Å². The minimum Gasteiger partial charge on any atom is -0.454 e. The summed E-state index contributed by atoms with van der Waals surface area (Å²) in [7, 11) is 0. The van der Waals surface area contributed by atoms with Gasteiger partial charge in [-0.1, -0.05) is 6.07 Å². The van der Waals surface area contributed by atoms with Crippen LogP contribution in [0.25, 0.3) is 0 Å². The average Bonchev–Trinajstić information content (AvgIpc) is 3.17. The van der Waals surface area contributed by atoms with Gasteiger partial charge in [-0.25, -0.2) is 8.78 Å². The largest absolute Gasteiger partial charge is 0.454 e. The molecule has 2 heterocycles. The van der Waals surface area contributed by atoms with Crippen molar-refractivity contribution in [3.8, 4) is 11.5 Å². The smallest absolute Gasteiger partial charge is 0.276 e. The van der Waals surface area contributed by atoms with Gasteiger partial charge in [0, 0.05) is 18.3 Å². The van der Waals surface area contributed by atoms with E-state index in [0.29, 0.717) is 23.9 Å². The first-order chi connectivity index (χ1) is 13.6. The summed E-state index contributed by atoms with van der Waals surface area (Å²) in [4.78, 5) is 12.1. The highest BCUT2D eigenvalue weighted by Crippen LogP contribution is 2.32. The maximum atomic E-state index is 13.2. The van der Waals surface area contributed by atoms with Crippen LogP contribution in [0.1, 0.15) is 16.1 Å². The summed E-state index contributed by atoms with van der Waals surface area (Å²) >= 11 is 0. The number of nitrogens with one attached hydrogen (secondary N) is 2. The zero-order valence-corrected chi connectivity index (χ0v) is 14.4. The summed E-state index contributed by atoms with van der Waals surface area (Å²) < 4.78 is 36.7. The minimum atomic E-state index is -1.05. The van der Waals surface area contributed by atoms with E-state index in [4.69, 9.17) is 9.47 Å². The maximum Gasteiger partial charge on any atom is 0.276 e. The van der Waals surface area contributed by atoms with E-state index in [9.17, 15) is 13.6 Å². The molecule has 1 aromatic heterocycles. The van der Waals surface area contributed by atoms with Crippen LogP contribution < -0.4 is 20.1 Å². The number of halogens is 2. The van der Waals surface area contributed by atoms with Gasteiger partial charge in [0.15, 0.2) is 28.8 Å². The molecule has 1 aliphatic heterocycles. The van der Waals surface area contributed by atoms with Gasteiger partial charge in [-0.05, 0) is 42.0 Å². The first-order valence-electron chi connectivity index (χ1n) is 8.31. The van der Waals surface area contributed by atoms with Crippen LogP contribution in [0.4, 0.5) is 20.3 Å². The molecule has 28 heavy (non-hydrogen) atoms. The van der Waals surface area contributed by atoms with Gasteiger partial charge >= 0.3 is 0 Å². The van der Waals surface area contributed by atoms with Gasteiger partial charge in [0.25, 0.3) is 5.91 Å². The van der Waals surface area contributed by atoms with Crippen molar-refractivity contribution in [2.24, 2.45) is 0 Å². The Morgan fingerprint density at radius 3 is 2.61 bits per heavy atom. The number of carbonyl (C=O) groups excluding carboxylic acids is 1. The van der Waals surface area contributed by atoms with Gasteiger partial charge in [0.2, 0.25) is 6.79 Å². The Kier molecular flexibility index (Phi) is 4.71. The molecule has 0 unspecified atom stereocenters. The summed E-state index contributed by atoms with van der Waals surface area (Å²) in [5.41, 5.74) is 1.13. The summed E-state index contributed by atoms with van der Waals surface area (Å²) in [5, 5.41) is 13.3.